The maximum Gasteiger partial charge on any atom is 0.251 e. The van der Waals surface area contributed by atoms with Gasteiger partial charge in [0.05, 0.1) is 5.75 Å². The van der Waals surface area contributed by atoms with Gasteiger partial charge < -0.3 is 0 Å². The summed E-state index contributed by atoms with van der Waals surface area (Å²) in [6.45, 7) is 0. The molecule has 0 radical (unpaired) electrons. The fourth-order valence-corrected chi connectivity index (χ4v) is 6.64. The van der Waals surface area contributed by atoms with Crippen LogP contribution in [0.1, 0.15) is 5.56 Å². The summed E-state index contributed by atoms with van der Waals surface area (Å²) in [4.78, 5) is 12.2. The number of halogens is 3. The normalized spacial score (nSPS) is 11.8. The highest BCUT2D eigenvalue weighted by Crippen LogP contribution is 2.31. The lowest BCUT2D eigenvalue weighted by Crippen LogP contribution is -2.14. The number of hydrogen-bond donors (Lipinski definition) is 0. The molecule has 124 valence electrons. The Morgan fingerprint density at radius 3 is 2.38 bits per heavy atom. The Labute approximate surface area is 164 Å². The predicted octanol–water partition coefficient (Wildman–Crippen LogP) is 5.41. The molecule has 0 unspecified atom stereocenters. The second-order valence-electron chi connectivity index (χ2n) is 5.08. The van der Waals surface area contributed by atoms with Crippen LogP contribution in [0.15, 0.2) is 61.1 Å². The summed E-state index contributed by atoms with van der Waals surface area (Å²) in [6, 6.07) is 11.6. The maximum absolute atomic E-state index is 12.7. The predicted molar refractivity (Wildman–Crippen MR) is 106 cm³/mol. The average molecular weight is 509 g/mol. The SMILES string of the molecule is O=c1sc2cc(Br)cc(Br)c2cc1S(=O)(=O)Cc1ccc(Cl)cc1. The van der Waals surface area contributed by atoms with Crippen LogP contribution in [0.4, 0.5) is 0 Å². The minimum absolute atomic E-state index is 0.182. The lowest BCUT2D eigenvalue weighted by atomic mass is 10.2. The van der Waals surface area contributed by atoms with Crippen molar-refractivity contribution in [1.82, 2.24) is 0 Å². The van der Waals surface area contributed by atoms with Crippen molar-refractivity contribution in [2.75, 3.05) is 0 Å². The first kappa shape index (κ1) is 18.1. The molecule has 0 aliphatic heterocycles. The van der Waals surface area contributed by atoms with Gasteiger partial charge in [0.25, 0.3) is 4.74 Å². The van der Waals surface area contributed by atoms with E-state index in [4.69, 9.17) is 11.6 Å². The first-order chi connectivity index (χ1) is 11.3. The van der Waals surface area contributed by atoms with E-state index in [2.05, 4.69) is 31.9 Å². The van der Waals surface area contributed by atoms with E-state index in [1.54, 1.807) is 30.3 Å². The van der Waals surface area contributed by atoms with Gasteiger partial charge in [0.2, 0.25) is 0 Å². The highest BCUT2D eigenvalue weighted by atomic mass is 79.9. The highest BCUT2D eigenvalue weighted by molar-refractivity contribution is 9.11. The van der Waals surface area contributed by atoms with Gasteiger partial charge in [-0.2, -0.15) is 0 Å². The third-order valence-electron chi connectivity index (χ3n) is 3.34. The van der Waals surface area contributed by atoms with Gasteiger partial charge in [0.1, 0.15) is 4.90 Å². The quantitative estimate of drug-likeness (QED) is 0.475. The molecule has 0 aliphatic carbocycles. The largest absolute Gasteiger partial charge is 0.276 e. The standard InChI is InChI=1S/C16H9Br2ClO3S2/c17-10-5-13(18)12-7-15(16(20)23-14(12)6-10)24(21,22)8-9-1-3-11(19)4-2-9/h1-7H,8H2. The van der Waals surface area contributed by atoms with E-state index in [0.717, 1.165) is 20.3 Å². The van der Waals surface area contributed by atoms with Crippen molar-refractivity contribution in [2.45, 2.75) is 10.6 Å². The molecule has 0 fully saturated rings. The Balaban J connectivity index is 2.12. The summed E-state index contributed by atoms with van der Waals surface area (Å²) in [5.41, 5.74) is 0.582. The molecule has 0 amide bonds. The minimum atomic E-state index is -3.75. The zero-order valence-corrected chi connectivity index (χ0v) is 17.5. The van der Waals surface area contributed by atoms with Crippen molar-refractivity contribution in [3.63, 3.8) is 0 Å². The van der Waals surface area contributed by atoms with Gasteiger partial charge in [-0.25, -0.2) is 8.42 Å². The van der Waals surface area contributed by atoms with E-state index >= 15 is 0 Å². The van der Waals surface area contributed by atoms with Gasteiger partial charge in [-0.15, -0.1) is 0 Å². The van der Waals surface area contributed by atoms with Crippen molar-refractivity contribution < 1.29 is 8.42 Å². The molecule has 2 aromatic carbocycles. The zero-order chi connectivity index (χ0) is 17.5. The Morgan fingerprint density at radius 2 is 1.71 bits per heavy atom. The molecule has 3 aromatic rings. The molecule has 0 spiro atoms. The smallest absolute Gasteiger partial charge is 0.251 e. The second kappa shape index (κ2) is 6.88. The molecular weight excluding hydrogens is 500 g/mol. The third kappa shape index (κ3) is 3.75. The summed E-state index contributed by atoms with van der Waals surface area (Å²) in [6.07, 6.45) is 0. The fraction of sp³-hybridized carbons (Fsp3) is 0.0625. The summed E-state index contributed by atoms with van der Waals surface area (Å²) < 4.78 is 27.1. The van der Waals surface area contributed by atoms with E-state index in [1.165, 1.54) is 6.07 Å². The van der Waals surface area contributed by atoms with E-state index in [9.17, 15) is 13.2 Å². The Bertz CT molecular complexity index is 1090. The molecule has 0 saturated heterocycles. The maximum atomic E-state index is 12.7. The van der Waals surface area contributed by atoms with Gasteiger partial charge in [-0.3, -0.25) is 4.79 Å². The van der Waals surface area contributed by atoms with Crippen molar-refractivity contribution in [1.29, 1.82) is 0 Å². The molecule has 0 saturated carbocycles. The van der Waals surface area contributed by atoms with E-state index < -0.39 is 14.6 Å². The number of benzene rings is 2. The van der Waals surface area contributed by atoms with Crippen LogP contribution in [-0.2, 0) is 15.6 Å². The first-order valence-electron chi connectivity index (χ1n) is 6.66. The summed E-state index contributed by atoms with van der Waals surface area (Å²) in [7, 11) is -3.75. The van der Waals surface area contributed by atoms with E-state index in [0.29, 0.717) is 20.7 Å². The zero-order valence-electron chi connectivity index (χ0n) is 11.9. The average Bonchev–Trinajstić information content (AvgIpc) is 2.48. The Hall–Kier alpha value is -0.730. The molecule has 3 rings (SSSR count). The molecule has 3 nitrogen and oxygen atoms in total. The summed E-state index contributed by atoms with van der Waals surface area (Å²) in [5.74, 6) is -0.244. The summed E-state index contributed by atoms with van der Waals surface area (Å²) in [5, 5.41) is 1.22. The lowest BCUT2D eigenvalue weighted by Gasteiger charge is -2.07. The van der Waals surface area contributed by atoms with Crippen molar-refractivity contribution >= 4 is 74.7 Å². The molecular formula is C16H9Br2ClO3S2. The van der Waals surface area contributed by atoms with Gasteiger partial charge in [0.15, 0.2) is 9.84 Å². The van der Waals surface area contributed by atoms with Crippen LogP contribution in [0, 0.1) is 0 Å². The van der Waals surface area contributed by atoms with Crippen LogP contribution in [-0.4, -0.2) is 8.42 Å². The number of fused-ring (bicyclic) bond motifs is 1. The van der Waals surface area contributed by atoms with Crippen LogP contribution >= 0.6 is 54.8 Å². The molecule has 0 N–H and O–H groups in total. The first-order valence-corrected chi connectivity index (χ1v) is 11.1. The van der Waals surface area contributed by atoms with Gasteiger partial charge in [0, 0.05) is 24.1 Å². The van der Waals surface area contributed by atoms with Gasteiger partial charge in [-0.1, -0.05) is 66.9 Å². The fourth-order valence-electron chi connectivity index (χ4n) is 2.22. The van der Waals surface area contributed by atoms with Gasteiger partial charge >= 0.3 is 0 Å². The third-order valence-corrected chi connectivity index (χ3v) is 7.49. The number of hydrogen-bond acceptors (Lipinski definition) is 4. The van der Waals surface area contributed by atoms with Gasteiger partial charge in [-0.05, 0) is 35.9 Å². The van der Waals surface area contributed by atoms with Crippen LogP contribution in [0.3, 0.4) is 0 Å². The number of sulfone groups is 1. The Morgan fingerprint density at radius 1 is 1.04 bits per heavy atom. The topological polar surface area (TPSA) is 51.2 Å². The van der Waals surface area contributed by atoms with E-state index in [1.807, 2.05) is 6.07 Å². The molecule has 8 heteroatoms. The molecule has 1 heterocycles. The van der Waals surface area contributed by atoms with Crippen molar-refractivity contribution in [2.24, 2.45) is 0 Å². The van der Waals surface area contributed by atoms with Crippen LogP contribution < -0.4 is 4.74 Å². The molecule has 0 atom stereocenters. The monoisotopic (exact) mass is 506 g/mol. The molecule has 0 bridgehead atoms. The molecule has 0 aliphatic rings. The van der Waals surface area contributed by atoms with Crippen molar-refractivity contribution in [3.8, 4) is 0 Å². The van der Waals surface area contributed by atoms with Crippen LogP contribution in [0.5, 0.6) is 0 Å². The van der Waals surface area contributed by atoms with Crippen LogP contribution in [0.25, 0.3) is 10.1 Å². The second-order valence-corrected chi connectivity index (χ2v) is 10.3. The summed E-state index contributed by atoms with van der Waals surface area (Å²) >= 11 is 13.5. The number of rotatable bonds is 3. The molecule has 1 aromatic heterocycles. The van der Waals surface area contributed by atoms with Crippen LogP contribution in [0.2, 0.25) is 5.02 Å². The minimum Gasteiger partial charge on any atom is -0.276 e. The highest BCUT2D eigenvalue weighted by Gasteiger charge is 2.21. The molecule has 24 heavy (non-hydrogen) atoms. The van der Waals surface area contributed by atoms with Crippen molar-refractivity contribution in [3.05, 3.63) is 71.5 Å². The van der Waals surface area contributed by atoms with E-state index in [-0.39, 0.29) is 10.6 Å². The Kier molecular flexibility index (Phi) is 5.18. The lowest BCUT2D eigenvalue weighted by molar-refractivity contribution is 0.595.